The third kappa shape index (κ3) is 2.50. The molecule has 1 aromatic carbocycles. The van der Waals surface area contributed by atoms with E-state index in [-0.39, 0.29) is 11.7 Å². The molecule has 2 N–H and O–H groups in total. The summed E-state index contributed by atoms with van der Waals surface area (Å²) in [6.45, 7) is 0.643. The molecule has 1 heterocycles. The van der Waals surface area contributed by atoms with E-state index in [1.165, 1.54) is 6.07 Å². The molecule has 3 rings (SSSR count). The van der Waals surface area contributed by atoms with E-state index in [1.807, 2.05) is 0 Å². The largest absolute Gasteiger partial charge is 0.339 e. The van der Waals surface area contributed by atoms with Crippen LogP contribution in [0.25, 0.3) is 11.4 Å². The summed E-state index contributed by atoms with van der Waals surface area (Å²) in [4.78, 5) is 4.45. The highest BCUT2D eigenvalue weighted by Crippen LogP contribution is 2.38. The van der Waals surface area contributed by atoms with Crippen molar-refractivity contribution in [2.45, 2.75) is 25.2 Å². The van der Waals surface area contributed by atoms with E-state index in [2.05, 4.69) is 26.1 Å². The van der Waals surface area contributed by atoms with Gasteiger partial charge in [-0.15, -0.1) is 0 Å². The number of aromatic nitrogens is 2. The van der Waals surface area contributed by atoms with Crippen LogP contribution in [0.1, 0.15) is 31.1 Å². The average Bonchev–Trinajstić information content (AvgIpc) is 3.09. The first kappa shape index (κ1) is 13.7. The van der Waals surface area contributed by atoms with E-state index in [4.69, 9.17) is 10.3 Å². The number of halogens is 2. The van der Waals surface area contributed by atoms with E-state index in [0.29, 0.717) is 28.7 Å². The van der Waals surface area contributed by atoms with Gasteiger partial charge >= 0.3 is 0 Å². The van der Waals surface area contributed by atoms with Gasteiger partial charge < -0.3 is 10.3 Å². The van der Waals surface area contributed by atoms with Crippen molar-refractivity contribution in [2.75, 3.05) is 6.54 Å². The molecule has 2 aromatic rings. The van der Waals surface area contributed by atoms with Gasteiger partial charge in [0.2, 0.25) is 11.7 Å². The smallest absolute Gasteiger partial charge is 0.230 e. The number of hydrogen-bond acceptors (Lipinski definition) is 4. The summed E-state index contributed by atoms with van der Waals surface area (Å²) in [5, 5.41) is 4.00. The van der Waals surface area contributed by atoms with Crippen LogP contribution in [0, 0.1) is 11.7 Å². The number of benzene rings is 1. The van der Waals surface area contributed by atoms with Crippen molar-refractivity contribution in [1.82, 2.24) is 10.1 Å². The lowest BCUT2D eigenvalue weighted by Gasteiger charge is -2.12. The highest BCUT2D eigenvalue weighted by Gasteiger charge is 2.32. The number of nitrogens with zero attached hydrogens (tertiary/aromatic N) is 2. The van der Waals surface area contributed by atoms with E-state index < -0.39 is 0 Å². The molecule has 2 atom stereocenters. The van der Waals surface area contributed by atoms with E-state index in [1.54, 1.807) is 12.1 Å². The molecule has 1 fully saturated rings. The minimum absolute atomic E-state index is 0.255. The topological polar surface area (TPSA) is 64.9 Å². The maximum atomic E-state index is 13.2. The predicted molar refractivity (Wildman–Crippen MR) is 76.5 cm³/mol. The summed E-state index contributed by atoms with van der Waals surface area (Å²) in [5.41, 5.74) is 6.51. The molecule has 6 heteroatoms. The van der Waals surface area contributed by atoms with Gasteiger partial charge in [-0.2, -0.15) is 4.98 Å². The van der Waals surface area contributed by atoms with E-state index >= 15 is 0 Å². The Kier molecular flexibility index (Phi) is 3.85. The average molecular weight is 340 g/mol. The van der Waals surface area contributed by atoms with Gasteiger partial charge in [0, 0.05) is 11.5 Å². The van der Waals surface area contributed by atoms with Crippen LogP contribution in [-0.4, -0.2) is 16.7 Å². The minimum Gasteiger partial charge on any atom is -0.339 e. The zero-order valence-corrected chi connectivity index (χ0v) is 12.4. The fourth-order valence-corrected chi connectivity index (χ4v) is 3.16. The molecular formula is C14H15BrFN3O. The molecule has 0 spiro atoms. The summed E-state index contributed by atoms with van der Waals surface area (Å²) in [7, 11) is 0. The molecule has 0 saturated heterocycles. The van der Waals surface area contributed by atoms with Crippen molar-refractivity contribution in [1.29, 1.82) is 0 Å². The van der Waals surface area contributed by atoms with Gasteiger partial charge in [0.25, 0.3) is 0 Å². The summed E-state index contributed by atoms with van der Waals surface area (Å²) >= 11 is 3.16. The molecule has 1 aromatic heterocycles. The molecule has 0 radical (unpaired) electrons. The number of rotatable bonds is 3. The van der Waals surface area contributed by atoms with Gasteiger partial charge in [-0.25, -0.2) is 4.39 Å². The molecule has 2 unspecified atom stereocenters. The SMILES string of the molecule is NCC1CCCC1c1nc(-c2ccc(F)c(Br)c2)no1. The zero-order valence-electron chi connectivity index (χ0n) is 10.9. The highest BCUT2D eigenvalue weighted by molar-refractivity contribution is 9.10. The van der Waals surface area contributed by atoms with Crippen molar-refractivity contribution < 1.29 is 8.91 Å². The monoisotopic (exact) mass is 339 g/mol. The second-order valence-corrected chi connectivity index (χ2v) is 5.97. The van der Waals surface area contributed by atoms with Crippen LogP contribution in [0.15, 0.2) is 27.2 Å². The standard InChI is InChI=1S/C14H15BrFN3O/c15-11-6-8(4-5-12(11)16)13-18-14(20-19-13)10-3-1-2-9(10)7-17/h4-6,9-10H,1-3,7,17H2. The quantitative estimate of drug-likeness (QED) is 0.929. The fraction of sp³-hybridized carbons (Fsp3) is 0.429. The highest BCUT2D eigenvalue weighted by atomic mass is 79.9. The van der Waals surface area contributed by atoms with Crippen LogP contribution in [0.2, 0.25) is 0 Å². The first-order valence-electron chi connectivity index (χ1n) is 6.68. The van der Waals surface area contributed by atoms with Gasteiger partial charge in [-0.1, -0.05) is 11.6 Å². The van der Waals surface area contributed by atoms with Crippen LogP contribution < -0.4 is 5.73 Å². The summed E-state index contributed by atoms with van der Waals surface area (Å²) < 4.78 is 19.0. The fourth-order valence-electron chi connectivity index (χ4n) is 2.78. The molecule has 0 amide bonds. The molecular weight excluding hydrogens is 325 g/mol. The first-order valence-corrected chi connectivity index (χ1v) is 7.47. The lowest BCUT2D eigenvalue weighted by molar-refractivity contribution is 0.326. The maximum absolute atomic E-state index is 13.2. The van der Waals surface area contributed by atoms with Gasteiger partial charge in [0.05, 0.1) is 4.47 Å². The first-order chi connectivity index (χ1) is 9.69. The second-order valence-electron chi connectivity index (χ2n) is 5.12. The predicted octanol–water partition coefficient (Wildman–Crippen LogP) is 3.48. The van der Waals surface area contributed by atoms with Crippen molar-refractivity contribution in [3.05, 3.63) is 34.4 Å². The Morgan fingerprint density at radius 1 is 1.40 bits per heavy atom. The second kappa shape index (κ2) is 5.61. The summed E-state index contributed by atoms with van der Waals surface area (Å²) in [5.74, 6) is 1.50. The summed E-state index contributed by atoms with van der Waals surface area (Å²) in [6, 6.07) is 4.68. The Morgan fingerprint density at radius 3 is 3.00 bits per heavy atom. The molecule has 0 aliphatic heterocycles. The van der Waals surface area contributed by atoms with Crippen molar-refractivity contribution in [3.63, 3.8) is 0 Å². The third-order valence-corrected chi connectivity index (χ3v) is 4.51. The van der Waals surface area contributed by atoms with Crippen LogP contribution in [0.5, 0.6) is 0 Å². The van der Waals surface area contributed by atoms with Crippen LogP contribution in [-0.2, 0) is 0 Å². The van der Waals surface area contributed by atoms with E-state index in [0.717, 1.165) is 24.8 Å². The van der Waals surface area contributed by atoms with Gasteiger partial charge in [-0.3, -0.25) is 0 Å². The van der Waals surface area contributed by atoms with Crippen LogP contribution in [0.3, 0.4) is 0 Å². The Morgan fingerprint density at radius 2 is 2.25 bits per heavy atom. The molecule has 1 aliphatic carbocycles. The van der Waals surface area contributed by atoms with Crippen molar-refractivity contribution in [2.24, 2.45) is 11.7 Å². The van der Waals surface area contributed by atoms with Gasteiger partial charge in [0.15, 0.2) is 0 Å². The lowest BCUT2D eigenvalue weighted by Crippen LogP contribution is -2.17. The third-order valence-electron chi connectivity index (χ3n) is 3.90. The molecule has 1 saturated carbocycles. The Balaban J connectivity index is 1.88. The number of hydrogen-bond donors (Lipinski definition) is 1. The van der Waals surface area contributed by atoms with Gasteiger partial charge in [0.1, 0.15) is 5.82 Å². The molecule has 1 aliphatic rings. The van der Waals surface area contributed by atoms with Crippen molar-refractivity contribution in [3.8, 4) is 11.4 Å². The Hall–Kier alpha value is -1.27. The summed E-state index contributed by atoms with van der Waals surface area (Å²) in [6.07, 6.45) is 3.30. The zero-order chi connectivity index (χ0) is 14.1. The minimum atomic E-state index is -0.309. The van der Waals surface area contributed by atoms with Crippen LogP contribution in [0.4, 0.5) is 4.39 Å². The van der Waals surface area contributed by atoms with Crippen LogP contribution >= 0.6 is 15.9 Å². The van der Waals surface area contributed by atoms with Crippen molar-refractivity contribution >= 4 is 15.9 Å². The molecule has 0 bridgehead atoms. The van der Waals surface area contributed by atoms with E-state index in [9.17, 15) is 4.39 Å². The molecule has 4 nitrogen and oxygen atoms in total. The normalized spacial score (nSPS) is 22.4. The number of nitrogens with two attached hydrogens (primary N) is 1. The van der Waals surface area contributed by atoms with Gasteiger partial charge in [-0.05, 0) is 59.4 Å². The Bertz CT molecular complexity index is 616. The molecule has 106 valence electrons. The Labute approximate surface area is 124 Å². The molecule has 20 heavy (non-hydrogen) atoms. The maximum Gasteiger partial charge on any atom is 0.230 e. The lowest BCUT2D eigenvalue weighted by atomic mass is 9.96.